The lowest BCUT2D eigenvalue weighted by molar-refractivity contribution is -0.147. The fourth-order valence-electron chi connectivity index (χ4n) is 7.25. The van der Waals surface area contributed by atoms with Crippen molar-refractivity contribution >= 4 is 50.9 Å². The van der Waals surface area contributed by atoms with Gasteiger partial charge in [-0.3, -0.25) is 13.9 Å². The van der Waals surface area contributed by atoms with Crippen LogP contribution in [0.25, 0.3) is 0 Å². The number of anilines is 1. The van der Waals surface area contributed by atoms with Crippen molar-refractivity contribution in [2.75, 3.05) is 23.9 Å². The van der Waals surface area contributed by atoms with Crippen LogP contribution in [0.15, 0.2) is 12.1 Å². The number of aryl methyl sites for hydroxylation is 1. The summed E-state index contributed by atoms with van der Waals surface area (Å²) in [6.45, 7) is 3.96. The molecule has 0 aromatic heterocycles. The van der Waals surface area contributed by atoms with Gasteiger partial charge in [-0.25, -0.2) is 0 Å². The lowest BCUT2D eigenvalue weighted by Crippen LogP contribution is -2.63. The molecule has 4 saturated carbocycles. The summed E-state index contributed by atoms with van der Waals surface area (Å²) < 4.78 is 29.5. The fourth-order valence-corrected chi connectivity index (χ4v) is 10.0. The standard InChI is InChI=1S/C24H32Cl2N4O4S/c1-13-3-18(25)22(19(26)4-13)30-11-14(2)10-29(35(30,33)34)12-20(31)28-21-16-5-15-6-17(21)9-24(7-15,8-16)23(27)32/h3-4,14-17,21H,5-12H2,1-2H3,(H2,27,32)(H,28,31)/t14-,15?,16?,17?,21-,24-/m0/s1. The molecule has 2 amide bonds. The van der Waals surface area contributed by atoms with Crippen molar-refractivity contribution < 1.29 is 18.0 Å². The van der Waals surface area contributed by atoms with Gasteiger partial charge in [-0.15, -0.1) is 0 Å². The molecule has 1 aromatic rings. The summed E-state index contributed by atoms with van der Waals surface area (Å²) >= 11 is 12.8. The van der Waals surface area contributed by atoms with E-state index in [9.17, 15) is 18.0 Å². The quantitative estimate of drug-likeness (QED) is 0.594. The van der Waals surface area contributed by atoms with E-state index in [2.05, 4.69) is 5.32 Å². The van der Waals surface area contributed by atoms with E-state index < -0.39 is 15.6 Å². The number of rotatable bonds is 5. The predicted octanol–water partition coefficient (Wildman–Crippen LogP) is 3.10. The number of halogens is 2. The monoisotopic (exact) mass is 542 g/mol. The minimum absolute atomic E-state index is 0.0311. The van der Waals surface area contributed by atoms with Crippen LogP contribution in [-0.4, -0.2) is 50.2 Å². The van der Waals surface area contributed by atoms with E-state index in [1.54, 1.807) is 12.1 Å². The van der Waals surface area contributed by atoms with Gasteiger partial charge >= 0.3 is 10.2 Å². The Hall–Kier alpha value is -1.55. The lowest BCUT2D eigenvalue weighted by Gasteiger charge is -2.58. The number of nitrogens with two attached hydrogens (primary N) is 1. The molecule has 5 aliphatic rings. The van der Waals surface area contributed by atoms with Crippen LogP contribution in [0.4, 0.5) is 5.69 Å². The van der Waals surface area contributed by atoms with Gasteiger partial charge in [-0.05, 0) is 80.4 Å². The van der Waals surface area contributed by atoms with Crippen LogP contribution >= 0.6 is 23.2 Å². The molecular formula is C24H32Cl2N4O4S. The van der Waals surface area contributed by atoms with E-state index in [4.69, 9.17) is 28.9 Å². The molecule has 4 aliphatic carbocycles. The molecule has 192 valence electrons. The molecule has 1 saturated heterocycles. The van der Waals surface area contributed by atoms with Crippen LogP contribution in [-0.2, 0) is 19.8 Å². The maximum absolute atomic E-state index is 13.5. The number of nitrogens with zero attached hydrogens (tertiary/aromatic N) is 2. The molecule has 0 radical (unpaired) electrons. The fraction of sp³-hybridized carbons (Fsp3) is 0.667. The summed E-state index contributed by atoms with van der Waals surface area (Å²) in [5.74, 6) is 0.316. The molecule has 35 heavy (non-hydrogen) atoms. The molecule has 1 aromatic carbocycles. The Morgan fingerprint density at radius 3 is 2.29 bits per heavy atom. The molecule has 6 rings (SSSR count). The highest BCUT2D eigenvalue weighted by molar-refractivity contribution is 7.90. The van der Waals surface area contributed by atoms with Gasteiger partial charge < -0.3 is 11.1 Å². The van der Waals surface area contributed by atoms with Crippen LogP contribution in [0, 0.1) is 36.0 Å². The minimum Gasteiger partial charge on any atom is -0.369 e. The van der Waals surface area contributed by atoms with Crippen LogP contribution in [0.5, 0.6) is 0 Å². The molecule has 3 atom stereocenters. The van der Waals surface area contributed by atoms with Gasteiger partial charge in [0.05, 0.1) is 22.3 Å². The Morgan fingerprint density at radius 2 is 1.71 bits per heavy atom. The summed E-state index contributed by atoms with van der Waals surface area (Å²) in [5, 5.41) is 3.65. The largest absolute Gasteiger partial charge is 0.369 e. The van der Waals surface area contributed by atoms with Crippen LogP contribution in [0.3, 0.4) is 0 Å². The summed E-state index contributed by atoms with van der Waals surface area (Å²) in [7, 11) is -4.01. The van der Waals surface area contributed by atoms with Gasteiger partial charge in [0.15, 0.2) is 0 Å². The Labute approximate surface area is 216 Å². The van der Waals surface area contributed by atoms with E-state index >= 15 is 0 Å². The molecule has 1 aliphatic heterocycles. The number of amides is 2. The highest BCUT2D eigenvalue weighted by Crippen LogP contribution is 2.59. The molecule has 8 nitrogen and oxygen atoms in total. The molecule has 2 unspecified atom stereocenters. The number of carbonyl (C=O) groups is 2. The third kappa shape index (κ3) is 4.32. The number of benzene rings is 1. The first-order valence-corrected chi connectivity index (χ1v) is 14.4. The average Bonchev–Trinajstić information content (AvgIpc) is 2.73. The van der Waals surface area contributed by atoms with E-state index in [1.807, 2.05) is 13.8 Å². The van der Waals surface area contributed by atoms with Crippen LogP contribution in [0.1, 0.15) is 44.6 Å². The minimum atomic E-state index is -4.01. The molecule has 1 heterocycles. The molecule has 5 fully saturated rings. The van der Waals surface area contributed by atoms with Gasteiger partial charge in [0, 0.05) is 24.5 Å². The Bertz CT molecular complexity index is 1140. The third-order valence-corrected chi connectivity index (χ3v) is 10.8. The number of hydrogen-bond acceptors (Lipinski definition) is 4. The van der Waals surface area contributed by atoms with Crippen molar-refractivity contribution in [1.82, 2.24) is 9.62 Å². The second-order valence-corrected chi connectivity index (χ2v) is 13.9. The molecule has 3 N–H and O–H groups in total. The molecule has 4 bridgehead atoms. The maximum atomic E-state index is 13.5. The van der Waals surface area contributed by atoms with Gasteiger partial charge in [-0.2, -0.15) is 12.7 Å². The number of hydrogen-bond donors (Lipinski definition) is 2. The van der Waals surface area contributed by atoms with Gasteiger partial charge in [0.1, 0.15) is 0 Å². The van der Waals surface area contributed by atoms with Crippen molar-refractivity contribution in [1.29, 1.82) is 0 Å². The van der Waals surface area contributed by atoms with Crippen molar-refractivity contribution in [2.24, 2.45) is 34.8 Å². The Morgan fingerprint density at radius 1 is 1.11 bits per heavy atom. The zero-order chi connectivity index (χ0) is 25.3. The number of primary amides is 1. The normalized spacial score (nSPS) is 35.8. The number of carbonyl (C=O) groups excluding carboxylic acids is 2. The van der Waals surface area contributed by atoms with E-state index in [0.29, 0.717) is 18.8 Å². The van der Waals surface area contributed by atoms with Gasteiger partial charge in [0.2, 0.25) is 11.8 Å². The van der Waals surface area contributed by atoms with Gasteiger partial charge in [-0.1, -0.05) is 30.1 Å². The summed E-state index contributed by atoms with van der Waals surface area (Å²) in [6, 6.07) is 3.31. The first kappa shape index (κ1) is 25.1. The summed E-state index contributed by atoms with van der Waals surface area (Å²) in [4.78, 5) is 25.4. The SMILES string of the molecule is Cc1cc(Cl)c(N2C[C@@H](C)CN(CC(=O)N[C@H]3C4CC5CC3C[C@](C(N)=O)(C5)C4)S2(=O)=O)c(Cl)c1. The topological polar surface area (TPSA) is 113 Å². The van der Waals surface area contributed by atoms with Crippen molar-refractivity contribution in [2.45, 2.75) is 52.0 Å². The second kappa shape index (κ2) is 8.78. The van der Waals surface area contributed by atoms with E-state index in [1.165, 1.54) is 8.61 Å². The van der Waals surface area contributed by atoms with Crippen LogP contribution < -0.4 is 15.4 Å². The van der Waals surface area contributed by atoms with Crippen LogP contribution in [0.2, 0.25) is 10.0 Å². The van der Waals surface area contributed by atoms with Crippen molar-refractivity contribution in [3.63, 3.8) is 0 Å². The average molecular weight is 544 g/mol. The van der Waals surface area contributed by atoms with Crippen molar-refractivity contribution in [3.8, 4) is 0 Å². The summed E-state index contributed by atoms with van der Waals surface area (Å²) in [6.07, 6.45) is 4.23. The summed E-state index contributed by atoms with van der Waals surface area (Å²) in [5.41, 5.74) is 6.41. The number of nitrogens with one attached hydrogen (secondary N) is 1. The maximum Gasteiger partial charge on any atom is 0.304 e. The first-order chi connectivity index (χ1) is 16.4. The zero-order valence-corrected chi connectivity index (χ0v) is 22.3. The third-order valence-electron chi connectivity index (χ3n) is 8.45. The van der Waals surface area contributed by atoms with Gasteiger partial charge in [0.25, 0.3) is 0 Å². The smallest absolute Gasteiger partial charge is 0.304 e. The molecular weight excluding hydrogens is 511 g/mol. The predicted molar refractivity (Wildman–Crippen MR) is 135 cm³/mol. The second-order valence-electron chi connectivity index (χ2n) is 11.2. The van der Waals surface area contributed by atoms with E-state index in [-0.39, 0.29) is 71.0 Å². The highest BCUT2D eigenvalue weighted by atomic mass is 35.5. The molecule has 11 heteroatoms. The Kier molecular flexibility index (Phi) is 6.30. The zero-order valence-electron chi connectivity index (χ0n) is 20.0. The van der Waals surface area contributed by atoms with Crippen molar-refractivity contribution in [3.05, 3.63) is 27.7 Å². The van der Waals surface area contributed by atoms with E-state index in [0.717, 1.165) is 24.8 Å². The lowest BCUT2D eigenvalue weighted by atomic mass is 9.47. The molecule has 0 spiro atoms. The highest BCUT2D eigenvalue weighted by Gasteiger charge is 2.58. The first-order valence-electron chi connectivity index (χ1n) is 12.2. The Balaban J connectivity index is 1.32.